The van der Waals surface area contributed by atoms with Crippen molar-refractivity contribution in [2.24, 2.45) is 0 Å². The van der Waals surface area contributed by atoms with Gasteiger partial charge in [0.15, 0.2) is 0 Å². The molecular formula is C28H26ClNO4. The zero-order valence-electron chi connectivity index (χ0n) is 19.3. The highest BCUT2D eigenvalue weighted by Crippen LogP contribution is 2.42. The van der Waals surface area contributed by atoms with E-state index in [1.54, 1.807) is 48.5 Å². The number of hydrogen-bond acceptors (Lipinski definition) is 4. The molecule has 5 nitrogen and oxygen atoms in total. The number of benzene rings is 3. The Balaban J connectivity index is 1.89. The second-order valence-electron chi connectivity index (χ2n) is 8.43. The number of carbonyl (C=O) groups is 2. The maximum absolute atomic E-state index is 13.3. The Morgan fingerprint density at radius 2 is 1.71 bits per heavy atom. The lowest BCUT2D eigenvalue weighted by Gasteiger charge is -2.26. The summed E-state index contributed by atoms with van der Waals surface area (Å²) in [4.78, 5) is 27.9. The molecule has 1 aliphatic heterocycles. The van der Waals surface area contributed by atoms with Crippen molar-refractivity contribution in [2.45, 2.75) is 32.7 Å². The molecule has 1 atom stereocenters. The Morgan fingerprint density at radius 1 is 1.03 bits per heavy atom. The van der Waals surface area contributed by atoms with Crippen molar-refractivity contribution in [3.8, 4) is 5.75 Å². The number of aliphatic hydroxyl groups excluding tert-OH is 1. The van der Waals surface area contributed by atoms with Crippen LogP contribution in [-0.2, 0) is 9.59 Å². The quantitative estimate of drug-likeness (QED) is 0.251. The molecular weight excluding hydrogens is 450 g/mol. The normalized spacial score (nSPS) is 17.4. The Labute approximate surface area is 204 Å². The van der Waals surface area contributed by atoms with E-state index in [1.807, 2.05) is 31.2 Å². The van der Waals surface area contributed by atoms with Gasteiger partial charge in [0, 0.05) is 16.3 Å². The summed E-state index contributed by atoms with van der Waals surface area (Å²) in [5, 5.41) is 11.6. The summed E-state index contributed by atoms with van der Waals surface area (Å²) >= 11 is 6.12. The van der Waals surface area contributed by atoms with Crippen molar-refractivity contribution in [1.29, 1.82) is 0 Å². The summed E-state index contributed by atoms with van der Waals surface area (Å²) in [7, 11) is 0. The number of carbonyl (C=O) groups excluding carboxylic acids is 2. The average molecular weight is 476 g/mol. The van der Waals surface area contributed by atoms with Crippen LogP contribution in [0.4, 0.5) is 5.69 Å². The summed E-state index contributed by atoms with van der Waals surface area (Å²) in [6, 6.07) is 20.6. The van der Waals surface area contributed by atoms with Gasteiger partial charge in [-0.25, -0.2) is 0 Å². The van der Waals surface area contributed by atoms with E-state index in [9.17, 15) is 14.7 Å². The first-order valence-corrected chi connectivity index (χ1v) is 11.6. The van der Waals surface area contributed by atoms with Gasteiger partial charge in [-0.3, -0.25) is 14.5 Å². The SMILES string of the molecule is CCOc1ccc(N2C(=O)C(=O)/C(=C(\O)c3cccc(Cl)c3)C2c2ccc(C(C)C)cc2)cc1. The number of anilines is 1. The standard InChI is InChI=1S/C28H26ClNO4/c1-4-34-23-14-12-22(13-15-23)30-25(19-10-8-18(9-11-19)17(2)3)24(27(32)28(30)33)26(31)20-6-5-7-21(29)16-20/h5-17,25,31H,4H2,1-3H3/b26-24-. The number of halogens is 1. The van der Waals surface area contributed by atoms with Crippen molar-refractivity contribution < 1.29 is 19.4 Å². The average Bonchev–Trinajstić information content (AvgIpc) is 3.10. The molecule has 1 amide bonds. The third-order valence-corrected chi connectivity index (χ3v) is 6.12. The largest absolute Gasteiger partial charge is 0.507 e. The number of aliphatic hydroxyl groups is 1. The minimum Gasteiger partial charge on any atom is -0.507 e. The monoisotopic (exact) mass is 475 g/mol. The predicted molar refractivity (Wildman–Crippen MR) is 134 cm³/mol. The van der Waals surface area contributed by atoms with Gasteiger partial charge in [-0.15, -0.1) is 0 Å². The lowest BCUT2D eigenvalue weighted by Crippen LogP contribution is -2.29. The molecule has 174 valence electrons. The molecule has 1 fully saturated rings. The van der Waals surface area contributed by atoms with Gasteiger partial charge in [-0.1, -0.05) is 61.8 Å². The summed E-state index contributed by atoms with van der Waals surface area (Å²) in [6.07, 6.45) is 0. The number of nitrogens with zero attached hydrogens (tertiary/aromatic N) is 1. The Bertz CT molecular complexity index is 1250. The van der Waals surface area contributed by atoms with Crippen LogP contribution in [0.1, 0.15) is 49.4 Å². The van der Waals surface area contributed by atoms with E-state index in [-0.39, 0.29) is 11.3 Å². The minimum atomic E-state index is -0.793. The molecule has 0 saturated carbocycles. The molecule has 0 aliphatic carbocycles. The van der Waals surface area contributed by atoms with Gasteiger partial charge in [-0.05, 0) is 60.4 Å². The molecule has 6 heteroatoms. The molecule has 1 aliphatic rings. The van der Waals surface area contributed by atoms with Crippen LogP contribution in [0.15, 0.2) is 78.4 Å². The minimum absolute atomic E-state index is 0.0263. The van der Waals surface area contributed by atoms with Crippen molar-refractivity contribution in [1.82, 2.24) is 0 Å². The van der Waals surface area contributed by atoms with Crippen LogP contribution in [-0.4, -0.2) is 23.4 Å². The molecule has 4 rings (SSSR count). The fourth-order valence-corrected chi connectivity index (χ4v) is 4.33. The zero-order valence-corrected chi connectivity index (χ0v) is 20.0. The summed E-state index contributed by atoms with van der Waals surface area (Å²) in [5.41, 5.74) is 2.80. The molecule has 0 aromatic heterocycles. The first-order valence-electron chi connectivity index (χ1n) is 11.2. The van der Waals surface area contributed by atoms with E-state index in [2.05, 4.69) is 13.8 Å². The van der Waals surface area contributed by atoms with Crippen molar-refractivity contribution in [3.63, 3.8) is 0 Å². The Kier molecular flexibility index (Phi) is 6.75. The van der Waals surface area contributed by atoms with Crippen molar-refractivity contribution in [3.05, 3.63) is 100 Å². The van der Waals surface area contributed by atoms with Crippen molar-refractivity contribution in [2.75, 3.05) is 11.5 Å². The fourth-order valence-electron chi connectivity index (χ4n) is 4.14. The molecule has 3 aromatic carbocycles. The van der Waals surface area contributed by atoms with Crippen molar-refractivity contribution >= 4 is 34.7 Å². The second-order valence-corrected chi connectivity index (χ2v) is 8.86. The van der Waals surface area contributed by atoms with E-state index in [1.165, 1.54) is 4.90 Å². The number of ketones is 1. The van der Waals surface area contributed by atoms with Crippen LogP contribution in [0, 0.1) is 0 Å². The van der Waals surface area contributed by atoms with Gasteiger partial charge in [0.2, 0.25) is 0 Å². The number of hydrogen-bond donors (Lipinski definition) is 1. The highest BCUT2D eigenvalue weighted by atomic mass is 35.5. The molecule has 0 spiro atoms. The highest BCUT2D eigenvalue weighted by Gasteiger charge is 2.47. The van der Waals surface area contributed by atoms with Crippen LogP contribution in [0.3, 0.4) is 0 Å². The lowest BCUT2D eigenvalue weighted by molar-refractivity contribution is -0.132. The van der Waals surface area contributed by atoms with Crippen LogP contribution in [0.2, 0.25) is 5.02 Å². The molecule has 3 aromatic rings. The number of amides is 1. The maximum atomic E-state index is 13.3. The van der Waals surface area contributed by atoms with E-state index < -0.39 is 17.7 Å². The highest BCUT2D eigenvalue weighted by molar-refractivity contribution is 6.51. The molecule has 1 heterocycles. The summed E-state index contributed by atoms with van der Waals surface area (Å²) in [6.45, 7) is 6.61. The lowest BCUT2D eigenvalue weighted by atomic mass is 9.93. The van der Waals surface area contributed by atoms with Gasteiger partial charge < -0.3 is 9.84 Å². The van der Waals surface area contributed by atoms with Crippen LogP contribution in [0.5, 0.6) is 5.75 Å². The first kappa shape index (κ1) is 23.6. The first-order chi connectivity index (χ1) is 16.3. The van der Waals surface area contributed by atoms with Gasteiger partial charge in [0.25, 0.3) is 11.7 Å². The molecule has 1 N–H and O–H groups in total. The number of Topliss-reactive ketones (excluding diaryl/α,β-unsaturated/α-hetero) is 1. The maximum Gasteiger partial charge on any atom is 0.300 e. The van der Waals surface area contributed by atoms with E-state index in [0.717, 1.165) is 11.1 Å². The summed E-state index contributed by atoms with van der Waals surface area (Å²) < 4.78 is 5.51. The summed E-state index contributed by atoms with van der Waals surface area (Å²) in [5.74, 6) is -0.709. The van der Waals surface area contributed by atoms with Gasteiger partial charge in [0.05, 0.1) is 18.2 Å². The smallest absolute Gasteiger partial charge is 0.300 e. The zero-order chi connectivity index (χ0) is 24.4. The molecule has 34 heavy (non-hydrogen) atoms. The van der Waals surface area contributed by atoms with Crippen LogP contribution < -0.4 is 9.64 Å². The molecule has 1 unspecified atom stereocenters. The predicted octanol–water partition coefficient (Wildman–Crippen LogP) is 6.49. The second kappa shape index (κ2) is 9.74. The van der Waals surface area contributed by atoms with Crippen LogP contribution in [0.25, 0.3) is 5.76 Å². The Hall–Kier alpha value is -3.57. The third-order valence-electron chi connectivity index (χ3n) is 5.89. The van der Waals surface area contributed by atoms with Gasteiger partial charge in [-0.2, -0.15) is 0 Å². The van der Waals surface area contributed by atoms with E-state index >= 15 is 0 Å². The number of rotatable bonds is 6. The van der Waals surface area contributed by atoms with Gasteiger partial charge >= 0.3 is 0 Å². The van der Waals surface area contributed by atoms with E-state index in [4.69, 9.17) is 16.3 Å². The number of ether oxygens (including phenoxy) is 1. The molecule has 1 saturated heterocycles. The third kappa shape index (κ3) is 4.44. The molecule has 0 radical (unpaired) electrons. The van der Waals surface area contributed by atoms with Gasteiger partial charge in [0.1, 0.15) is 11.5 Å². The molecule has 0 bridgehead atoms. The fraction of sp³-hybridized carbons (Fsp3) is 0.214. The Morgan fingerprint density at radius 3 is 2.29 bits per heavy atom. The van der Waals surface area contributed by atoms with Crippen LogP contribution >= 0.6 is 11.6 Å². The topological polar surface area (TPSA) is 66.8 Å². The van der Waals surface area contributed by atoms with E-state index in [0.29, 0.717) is 34.5 Å².